The summed E-state index contributed by atoms with van der Waals surface area (Å²) < 4.78 is 5.84. The van der Waals surface area contributed by atoms with Gasteiger partial charge in [0.2, 0.25) is 5.91 Å². The fourth-order valence-corrected chi connectivity index (χ4v) is 2.63. The maximum Gasteiger partial charge on any atom is 0.221 e. The molecule has 4 nitrogen and oxygen atoms in total. The average molecular weight is 360 g/mol. The normalized spacial score (nSPS) is 10.3. The summed E-state index contributed by atoms with van der Waals surface area (Å²) in [6.45, 7) is 4.87. The van der Waals surface area contributed by atoms with Crippen LogP contribution in [0.2, 0.25) is 0 Å². The van der Waals surface area contributed by atoms with Crippen molar-refractivity contribution in [2.45, 2.75) is 27.0 Å². The van der Waals surface area contributed by atoms with E-state index < -0.39 is 0 Å². The molecule has 138 valence electrons. The number of rotatable bonds is 7. The van der Waals surface area contributed by atoms with E-state index in [-0.39, 0.29) is 5.91 Å². The quantitative estimate of drug-likeness (QED) is 0.613. The maximum atomic E-state index is 11.0. The monoisotopic (exact) mass is 360 g/mol. The highest BCUT2D eigenvalue weighted by atomic mass is 16.5. The van der Waals surface area contributed by atoms with Crippen LogP contribution in [0.15, 0.2) is 72.8 Å². The number of nitrogens with one attached hydrogen (secondary N) is 2. The zero-order chi connectivity index (χ0) is 19.1. The highest BCUT2D eigenvalue weighted by molar-refractivity contribution is 5.88. The van der Waals surface area contributed by atoms with Crippen LogP contribution in [0.3, 0.4) is 0 Å². The van der Waals surface area contributed by atoms with Crippen molar-refractivity contribution in [3.63, 3.8) is 0 Å². The van der Waals surface area contributed by atoms with E-state index in [2.05, 4.69) is 54.0 Å². The zero-order valence-corrected chi connectivity index (χ0v) is 15.7. The predicted octanol–water partition coefficient (Wildman–Crippen LogP) is 5.14. The van der Waals surface area contributed by atoms with Gasteiger partial charge in [-0.25, -0.2) is 0 Å². The number of amides is 1. The molecular formula is C23H24N2O2. The molecular weight excluding hydrogens is 336 g/mol. The van der Waals surface area contributed by atoms with Gasteiger partial charge in [0.15, 0.2) is 0 Å². The van der Waals surface area contributed by atoms with Crippen molar-refractivity contribution in [1.82, 2.24) is 0 Å². The molecule has 0 spiro atoms. The van der Waals surface area contributed by atoms with E-state index in [1.807, 2.05) is 36.4 Å². The third-order valence-electron chi connectivity index (χ3n) is 4.15. The number of hydrogen-bond donors (Lipinski definition) is 2. The lowest BCUT2D eigenvalue weighted by Crippen LogP contribution is -2.05. The largest absolute Gasteiger partial charge is 0.489 e. The molecule has 0 fully saturated rings. The van der Waals surface area contributed by atoms with E-state index in [9.17, 15) is 4.79 Å². The van der Waals surface area contributed by atoms with Gasteiger partial charge in [-0.2, -0.15) is 0 Å². The average Bonchev–Trinajstić information content (AvgIpc) is 2.67. The van der Waals surface area contributed by atoms with Gasteiger partial charge in [0.25, 0.3) is 0 Å². The first kappa shape index (κ1) is 18.5. The van der Waals surface area contributed by atoms with Gasteiger partial charge in [-0.15, -0.1) is 0 Å². The Hall–Kier alpha value is -3.27. The van der Waals surface area contributed by atoms with Crippen molar-refractivity contribution in [2.24, 2.45) is 0 Å². The summed E-state index contributed by atoms with van der Waals surface area (Å²) in [5.74, 6) is 0.791. The van der Waals surface area contributed by atoms with Crippen LogP contribution in [-0.4, -0.2) is 5.91 Å². The lowest BCUT2D eigenvalue weighted by Gasteiger charge is -2.10. The minimum Gasteiger partial charge on any atom is -0.489 e. The molecule has 2 N–H and O–H groups in total. The molecule has 0 aliphatic heterocycles. The van der Waals surface area contributed by atoms with E-state index in [1.165, 1.54) is 18.1 Å². The fourth-order valence-electron chi connectivity index (χ4n) is 2.63. The summed E-state index contributed by atoms with van der Waals surface area (Å²) in [5, 5.41) is 6.13. The van der Waals surface area contributed by atoms with Crippen molar-refractivity contribution < 1.29 is 9.53 Å². The Labute approximate surface area is 160 Å². The highest BCUT2D eigenvalue weighted by Gasteiger charge is 1.99. The fraction of sp³-hybridized carbons (Fsp3) is 0.174. The van der Waals surface area contributed by atoms with Crippen LogP contribution in [0.1, 0.15) is 23.6 Å². The van der Waals surface area contributed by atoms with Gasteiger partial charge in [0.05, 0.1) is 0 Å². The molecule has 3 aromatic rings. The Balaban J connectivity index is 1.48. The second kappa shape index (κ2) is 8.90. The van der Waals surface area contributed by atoms with Crippen LogP contribution < -0.4 is 15.4 Å². The summed E-state index contributed by atoms with van der Waals surface area (Å²) in [4.78, 5) is 11.0. The van der Waals surface area contributed by atoms with Gasteiger partial charge in [-0.1, -0.05) is 42.0 Å². The van der Waals surface area contributed by atoms with Crippen molar-refractivity contribution in [3.8, 4) is 5.75 Å². The van der Waals surface area contributed by atoms with E-state index in [1.54, 1.807) is 0 Å². The molecule has 0 atom stereocenters. The molecule has 3 rings (SSSR count). The summed E-state index contributed by atoms with van der Waals surface area (Å²) in [6, 6.07) is 24.1. The first-order valence-corrected chi connectivity index (χ1v) is 8.97. The van der Waals surface area contributed by atoms with Gasteiger partial charge < -0.3 is 15.4 Å². The molecule has 0 unspecified atom stereocenters. The highest BCUT2D eigenvalue weighted by Crippen LogP contribution is 2.17. The number of carbonyl (C=O) groups is 1. The van der Waals surface area contributed by atoms with Crippen LogP contribution in [0, 0.1) is 6.92 Å². The van der Waals surface area contributed by atoms with Gasteiger partial charge >= 0.3 is 0 Å². The van der Waals surface area contributed by atoms with Gasteiger partial charge in [-0.05, 0) is 54.4 Å². The SMILES string of the molecule is CC(=O)Nc1ccc(NCc2ccc(OCc3ccc(C)cc3)cc2)cc1. The standard InChI is InChI=1S/C23H24N2O2/c1-17-3-5-20(6-4-17)16-27-23-13-7-19(8-14-23)15-24-21-9-11-22(12-10-21)25-18(2)26/h3-14,24H,15-16H2,1-2H3,(H,25,26). The number of hydrogen-bond acceptors (Lipinski definition) is 3. The Morgan fingerprint density at radius 3 is 2.04 bits per heavy atom. The summed E-state index contributed by atoms with van der Waals surface area (Å²) >= 11 is 0. The molecule has 27 heavy (non-hydrogen) atoms. The van der Waals surface area contributed by atoms with E-state index in [0.717, 1.165) is 29.2 Å². The maximum absolute atomic E-state index is 11.0. The van der Waals surface area contributed by atoms with Gasteiger partial charge in [0, 0.05) is 24.8 Å². The minimum atomic E-state index is -0.0691. The summed E-state index contributed by atoms with van der Waals surface area (Å²) in [5.41, 5.74) is 5.38. The number of carbonyl (C=O) groups excluding carboxylic acids is 1. The molecule has 0 bridgehead atoms. The van der Waals surface area contributed by atoms with Crippen molar-refractivity contribution in [2.75, 3.05) is 10.6 Å². The van der Waals surface area contributed by atoms with E-state index in [4.69, 9.17) is 4.74 Å². The minimum absolute atomic E-state index is 0.0691. The number of anilines is 2. The zero-order valence-electron chi connectivity index (χ0n) is 15.7. The van der Waals surface area contributed by atoms with Crippen LogP contribution in [0.5, 0.6) is 5.75 Å². The summed E-state index contributed by atoms with van der Waals surface area (Å²) in [7, 11) is 0. The second-order valence-corrected chi connectivity index (χ2v) is 6.53. The molecule has 0 saturated carbocycles. The lowest BCUT2D eigenvalue weighted by atomic mass is 10.2. The Bertz CT molecular complexity index is 870. The Morgan fingerprint density at radius 1 is 0.815 bits per heavy atom. The van der Waals surface area contributed by atoms with E-state index >= 15 is 0 Å². The molecule has 0 heterocycles. The van der Waals surface area contributed by atoms with E-state index in [0.29, 0.717) is 6.61 Å². The molecule has 1 amide bonds. The third-order valence-corrected chi connectivity index (χ3v) is 4.15. The number of ether oxygens (including phenoxy) is 1. The molecule has 3 aromatic carbocycles. The molecule has 0 radical (unpaired) electrons. The lowest BCUT2D eigenvalue weighted by molar-refractivity contribution is -0.114. The molecule has 0 aliphatic rings. The first-order valence-electron chi connectivity index (χ1n) is 8.97. The summed E-state index contributed by atoms with van der Waals surface area (Å²) in [6.07, 6.45) is 0. The van der Waals surface area contributed by atoms with Crippen LogP contribution in [0.25, 0.3) is 0 Å². The topological polar surface area (TPSA) is 50.4 Å². The van der Waals surface area contributed by atoms with Crippen LogP contribution in [-0.2, 0) is 17.9 Å². The van der Waals surface area contributed by atoms with Gasteiger partial charge in [0.1, 0.15) is 12.4 Å². The van der Waals surface area contributed by atoms with Crippen molar-refractivity contribution in [1.29, 1.82) is 0 Å². The first-order chi connectivity index (χ1) is 13.1. The number of benzene rings is 3. The van der Waals surface area contributed by atoms with Crippen molar-refractivity contribution >= 4 is 17.3 Å². The molecule has 4 heteroatoms. The van der Waals surface area contributed by atoms with Crippen LogP contribution >= 0.6 is 0 Å². The molecule has 0 aromatic heterocycles. The molecule has 0 aliphatic carbocycles. The third kappa shape index (κ3) is 5.89. The Morgan fingerprint density at radius 2 is 1.41 bits per heavy atom. The van der Waals surface area contributed by atoms with Gasteiger partial charge in [-0.3, -0.25) is 4.79 Å². The van der Waals surface area contributed by atoms with Crippen LogP contribution in [0.4, 0.5) is 11.4 Å². The number of aryl methyl sites for hydroxylation is 1. The Kier molecular flexibility index (Phi) is 6.10. The second-order valence-electron chi connectivity index (χ2n) is 6.53. The molecule has 0 saturated heterocycles. The predicted molar refractivity (Wildman–Crippen MR) is 110 cm³/mol. The van der Waals surface area contributed by atoms with Crippen molar-refractivity contribution in [3.05, 3.63) is 89.5 Å². The smallest absolute Gasteiger partial charge is 0.221 e.